The lowest BCUT2D eigenvalue weighted by Crippen LogP contribution is -2.14. The molecule has 0 aromatic heterocycles. The van der Waals surface area contributed by atoms with Crippen molar-refractivity contribution in [3.63, 3.8) is 0 Å². The van der Waals surface area contributed by atoms with Crippen molar-refractivity contribution in [2.24, 2.45) is 5.92 Å². The van der Waals surface area contributed by atoms with E-state index in [2.05, 4.69) is 10.6 Å². The molecule has 0 bridgehead atoms. The van der Waals surface area contributed by atoms with Gasteiger partial charge in [0, 0.05) is 22.9 Å². The van der Waals surface area contributed by atoms with Gasteiger partial charge in [-0.25, -0.2) is 4.39 Å². The molecule has 0 radical (unpaired) electrons. The smallest absolute Gasteiger partial charge is 0.255 e. The molecule has 1 aliphatic carbocycles. The summed E-state index contributed by atoms with van der Waals surface area (Å²) in [7, 11) is 0. The first-order chi connectivity index (χ1) is 14.6. The topological polar surface area (TPSA) is 67.4 Å². The average molecular weight is 404 g/mol. The fraction of sp³-hybridized carbons (Fsp3) is 0.167. The quantitative estimate of drug-likeness (QED) is 0.582. The Hall–Kier alpha value is -3.67. The Kier molecular flexibility index (Phi) is 5.75. The highest BCUT2D eigenvalue weighted by atomic mass is 19.1. The second-order valence-electron chi connectivity index (χ2n) is 7.24. The molecule has 3 aromatic rings. The molecule has 30 heavy (non-hydrogen) atoms. The normalized spacial score (nSPS) is 12.8. The Labute approximate surface area is 173 Å². The predicted molar refractivity (Wildman–Crippen MR) is 113 cm³/mol. The minimum atomic E-state index is -0.296. The van der Waals surface area contributed by atoms with E-state index in [1.807, 2.05) is 0 Å². The first-order valence-electron chi connectivity index (χ1n) is 9.76. The lowest BCUT2D eigenvalue weighted by Gasteiger charge is -2.10. The highest BCUT2D eigenvalue weighted by molar-refractivity contribution is 6.04. The molecule has 0 heterocycles. The molecule has 1 aliphatic rings. The lowest BCUT2D eigenvalue weighted by atomic mass is 10.2. The largest absolute Gasteiger partial charge is 0.489 e. The molecule has 0 unspecified atom stereocenters. The van der Waals surface area contributed by atoms with E-state index in [-0.39, 0.29) is 30.2 Å². The van der Waals surface area contributed by atoms with Gasteiger partial charge in [0.2, 0.25) is 5.91 Å². The fourth-order valence-corrected chi connectivity index (χ4v) is 2.90. The summed E-state index contributed by atoms with van der Waals surface area (Å²) in [5, 5.41) is 5.70. The summed E-state index contributed by atoms with van der Waals surface area (Å²) in [6, 6.07) is 19.9. The summed E-state index contributed by atoms with van der Waals surface area (Å²) in [4.78, 5) is 24.4. The van der Waals surface area contributed by atoms with Gasteiger partial charge in [0.15, 0.2) is 0 Å². The summed E-state index contributed by atoms with van der Waals surface area (Å²) in [5.74, 6) is 0.170. The highest BCUT2D eigenvalue weighted by Crippen LogP contribution is 2.30. The van der Waals surface area contributed by atoms with E-state index < -0.39 is 0 Å². The van der Waals surface area contributed by atoms with Crippen molar-refractivity contribution in [1.82, 2.24) is 0 Å². The molecular weight excluding hydrogens is 383 g/mol. The summed E-state index contributed by atoms with van der Waals surface area (Å²) < 4.78 is 18.7. The van der Waals surface area contributed by atoms with Crippen LogP contribution in [0.1, 0.15) is 28.8 Å². The maximum atomic E-state index is 13.0. The van der Waals surface area contributed by atoms with E-state index >= 15 is 0 Å². The number of carbonyl (C=O) groups is 2. The van der Waals surface area contributed by atoms with Crippen LogP contribution in [0.3, 0.4) is 0 Å². The SMILES string of the molecule is O=C(Nc1ccc(NC(=O)C2CC2)cc1)c1cccc(OCc2ccc(F)cc2)c1. The summed E-state index contributed by atoms with van der Waals surface area (Å²) >= 11 is 0. The van der Waals surface area contributed by atoms with Gasteiger partial charge in [-0.3, -0.25) is 9.59 Å². The zero-order valence-corrected chi connectivity index (χ0v) is 16.2. The standard InChI is InChI=1S/C24H21FN2O3/c25-19-8-4-16(5-9-19)15-30-22-3-1-2-18(14-22)24(29)27-21-12-10-20(11-13-21)26-23(28)17-6-7-17/h1-5,8-14,17H,6-7,15H2,(H,26,28)(H,27,29). The molecular formula is C24H21FN2O3. The van der Waals surface area contributed by atoms with E-state index in [9.17, 15) is 14.0 Å². The number of halogens is 1. The van der Waals surface area contributed by atoms with Crippen molar-refractivity contribution in [3.05, 3.63) is 89.7 Å². The summed E-state index contributed by atoms with van der Waals surface area (Å²) in [5.41, 5.74) is 2.63. The van der Waals surface area contributed by atoms with Crippen LogP contribution >= 0.6 is 0 Å². The predicted octanol–water partition coefficient (Wildman–Crippen LogP) is 5.01. The zero-order chi connectivity index (χ0) is 20.9. The maximum Gasteiger partial charge on any atom is 0.255 e. The van der Waals surface area contributed by atoms with Gasteiger partial charge in [0.1, 0.15) is 18.2 Å². The Morgan fingerprint density at radius 3 is 2.23 bits per heavy atom. The average Bonchev–Trinajstić information content (AvgIpc) is 3.60. The Balaban J connectivity index is 1.34. The van der Waals surface area contributed by atoms with Crippen LogP contribution in [-0.4, -0.2) is 11.8 Å². The van der Waals surface area contributed by atoms with Gasteiger partial charge in [-0.2, -0.15) is 0 Å². The first-order valence-corrected chi connectivity index (χ1v) is 9.76. The Morgan fingerprint density at radius 1 is 0.900 bits per heavy atom. The summed E-state index contributed by atoms with van der Waals surface area (Å²) in [6.07, 6.45) is 1.90. The molecule has 0 aliphatic heterocycles. The third-order valence-electron chi connectivity index (χ3n) is 4.77. The number of hydrogen-bond acceptors (Lipinski definition) is 3. The Bertz CT molecular complexity index is 1040. The first kappa shape index (κ1) is 19.6. The number of nitrogens with one attached hydrogen (secondary N) is 2. The fourth-order valence-electron chi connectivity index (χ4n) is 2.90. The molecule has 0 spiro atoms. The van der Waals surface area contributed by atoms with Crippen molar-refractivity contribution in [2.75, 3.05) is 10.6 Å². The van der Waals surface area contributed by atoms with Crippen LogP contribution in [0.15, 0.2) is 72.8 Å². The van der Waals surface area contributed by atoms with Crippen LogP contribution in [0.4, 0.5) is 15.8 Å². The third-order valence-corrected chi connectivity index (χ3v) is 4.77. The van der Waals surface area contributed by atoms with Crippen LogP contribution in [0.2, 0.25) is 0 Å². The molecule has 2 amide bonds. The molecule has 6 heteroatoms. The van der Waals surface area contributed by atoms with E-state index in [4.69, 9.17) is 4.74 Å². The highest BCUT2D eigenvalue weighted by Gasteiger charge is 2.29. The number of benzene rings is 3. The van der Waals surface area contributed by atoms with Crippen molar-refractivity contribution in [2.45, 2.75) is 19.4 Å². The molecule has 5 nitrogen and oxygen atoms in total. The number of amides is 2. The van der Waals surface area contributed by atoms with Gasteiger partial charge >= 0.3 is 0 Å². The van der Waals surface area contributed by atoms with Crippen molar-refractivity contribution < 1.29 is 18.7 Å². The zero-order valence-electron chi connectivity index (χ0n) is 16.2. The van der Waals surface area contributed by atoms with E-state index in [1.165, 1.54) is 12.1 Å². The number of anilines is 2. The summed E-state index contributed by atoms with van der Waals surface area (Å²) in [6.45, 7) is 0.277. The Morgan fingerprint density at radius 2 is 1.57 bits per heavy atom. The van der Waals surface area contributed by atoms with Crippen molar-refractivity contribution in [1.29, 1.82) is 0 Å². The van der Waals surface area contributed by atoms with Crippen LogP contribution in [0.5, 0.6) is 5.75 Å². The van der Waals surface area contributed by atoms with Gasteiger partial charge in [0.05, 0.1) is 0 Å². The van der Waals surface area contributed by atoms with Gasteiger partial charge in [-0.1, -0.05) is 18.2 Å². The molecule has 0 atom stereocenters. The molecule has 152 valence electrons. The van der Waals surface area contributed by atoms with E-state index in [0.29, 0.717) is 22.7 Å². The van der Waals surface area contributed by atoms with Crippen LogP contribution < -0.4 is 15.4 Å². The van der Waals surface area contributed by atoms with Gasteiger partial charge < -0.3 is 15.4 Å². The van der Waals surface area contributed by atoms with Crippen molar-refractivity contribution in [3.8, 4) is 5.75 Å². The molecule has 2 N–H and O–H groups in total. The van der Waals surface area contributed by atoms with E-state index in [1.54, 1.807) is 60.7 Å². The molecule has 1 saturated carbocycles. The number of hydrogen-bond donors (Lipinski definition) is 2. The van der Waals surface area contributed by atoms with Gasteiger partial charge in [-0.05, 0) is 73.0 Å². The lowest BCUT2D eigenvalue weighted by molar-refractivity contribution is -0.117. The molecule has 4 rings (SSSR count). The number of ether oxygens (including phenoxy) is 1. The van der Waals surface area contributed by atoms with Crippen molar-refractivity contribution >= 4 is 23.2 Å². The van der Waals surface area contributed by atoms with Gasteiger partial charge in [-0.15, -0.1) is 0 Å². The minimum absolute atomic E-state index is 0.0456. The molecule has 3 aromatic carbocycles. The maximum absolute atomic E-state index is 13.0. The molecule has 0 saturated heterocycles. The number of carbonyl (C=O) groups excluding carboxylic acids is 2. The minimum Gasteiger partial charge on any atom is -0.489 e. The van der Waals surface area contributed by atoms with E-state index in [0.717, 1.165) is 18.4 Å². The van der Waals surface area contributed by atoms with Crippen LogP contribution in [0.25, 0.3) is 0 Å². The van der Waals surface area contributed by atoms with Crippen LogP contribution in [-0.2, 0) is 11.4 Å². The second kappa shape index (κ2) is 8.78. The molecule has 1 fully saturated rings. The number of rotatable bonds is 7. The van der Waals surface area contributed by atoms with Gasteiger partial charge in [0.25, 0.3) is 5.91 Å². The third kappa shape index (κ3) is 5.23. The van der Waals surface area contributed by atoms with Crippen LogP contribution in [0, 0.1) is 11.7 Å². The monoisotopic (exact) mass is 404 g/mol. The second-order valence-corrected chi connectivity index (χ2v) is 7.24.